The van der Waals surface area contributed by atoms with Gasteiger partial charge in [-0.25, -0.2) is 8.42 Å². The molecule has 0 aliphatic carbocycles. The van der Waals surface area contributed by atoms with Crippen molar-refractivity contribution in [3.8, 4) is 5.75 Å². The van der Waals surface area contributed by atoms with Gasteiger partial charge in [0.2, 0.25) is 0 Å². The highest BCUT2D eigenvalue weighted by Gasteiger charge is 2.06. The summed E-state index contributed by atoms with van der Waals surface area (Å²) < 4.78 is 32.7. The lowest BCUT2D eigenvalue weighted by molar-refractivity contribution is 0.463. The summed E-state index contributed by atoms with van der Waals surface area (Å²) in [4.78, 5) is -0.264. The summed E-state index contributed by atoms with van der Waals surface area (Å²) in [5, 5.41) is 10.0. The molecular weight excluding hydrogens is 230 g/mol. The van der Waals surface area contributed by atoms with Gasteiger partial charge in [-0.1, -0.05) is 12.1 Å². The molecular formula is C10H11NO4S. The Kier molecular flexibility index (Phi) is 3.18. The van der Waals surface area contributed by atoms with Crippen molar-refractivity contribution in [3.05, 3.63) is 36.4 Å². The molecule has 0 spiro atoms. The molecule has 2 aromatic rings. The van der Waals surface area contributed by atoms with Gasteiger partial charge in [-0.2, -0.15) is 0 Å². The third kappa shape index (κ3) is 2.13. The maximum Gasteiger partial charge on any atom is 0.125 e. The van der Waals surface area contributed by atoms with Crippen LogP contribution in [0.1, 0.15) is 0 Å². The van der Waals surface area contributed by atoms with Gasteiger partial charge in [0, 0.05) is 0 Å². The van der Waals surface area contributed by atoms with Crippen molar-refractivity contribution in [2.45, 2.75) is 4.90 Å². The highest BCUT2D eigenvalue weighted by molar-refractivity contribution is 7.86. The van der Waals surface area contributed by atoms with E-state index in [2.05, 4.69) is 0 Å². The molecule has 0 heterocycles. The number of quaternary nitrogens is 1. The van der Waals surface area contributed by atoms with Crippen LogP contribution in [0.25, 0.3) is 10.8 Å². The Morgan fingerprint density at radius 3 is 2.44 bits per heavy atom. The first-order valence-corrected chi connectivity index (χ1v) is 5.57. The van der Waals surface area contributed by atoms with E-state index in [0.29, 0.717) is 10.8 Å². The van der Waals surface area contributed by atoms with E-state index < -0.39 is 10.1 Å². The van der Waals surface area contributed by atoms with E-state index in [1.165, 1.54) is 30.3 Å². The number of aromatic hydroxyl groups is 1. The Morgan fingerprint density at radius 2 is 1.81 bits per heavy atom. The highest BCUT2D eigenvalue weighted by Crippen LogP contribution is 2.25. The maximum absolute atomic E-state index is 10.9. The van der Waals surface area contributed by atoms with E-state index in [1.54, 1.807) is 6.07 Å². The minimum atomic E-state index is -4.47. The van der Waals surface area contributed by atoms with Crippen LogP contribution in [0.15, 0.2) is 41.3 Å². The van der Waals surface area contributed by atoms with Gasteiger partial charge in [0.15, 0.2) is 0 Å². The van der Waals surface area contributed by atoms with E-state index in [4.69, 9.17) is 0 Å². The standard InChI is InChI=1S/C10H8O4S.H3N/c11-8-4-5-9-7(6-8)2-1-3-10(9)15(12,13)14;/h1-6,11H,(H,12,13,14);1H3. The first-order valence-electron chi connectivity index (χ1n) is 4.16. The van der Waals surface area contributed by atoms with Crippen molar-refractivity contribution in [1.82, 2.24) is 6.15 Å². The molecule has 0 unspecified atom stereocenters. The van der Waals surface area contributed by atoms with Crippen molar-refractivity contribution in [3.63, 3.8) is 0 Å². The molecule has 2 aromatic carbocycles. The van der Waals surface area contributed by atoms with Crippen LogP contribution in [0.5, 0.6) is 5.75 Å². The van der Waals surface area contributed by atoms with Crippen molar-refractivity contribution >= 4 is 20.9 Å². The number of fused-ring (bicyclic) bond motifs is 1. The molecule has 0 bridgehead atoms. The van der Waals surface area contributed by atoms with Gasteiger partial charge in [0.05, 0.1) is 4.90 Å². The largest absolute Gasteiger partial charge is 0.744 e. The third-order valence-electron chi connectivity index (χ3n) is 2.09. The summed E-state index contributed by atoms with van der Waals surface area (Å²) >= 11 is 0. The fraction of sp³-hybridized carbons (Fsp3) is 0. The van der Waals surface area contributed by atoms with Crippen LogP contribution >= 0.6 is 0 Å². The molecule has 86 valence electrons. The molecule has 0 aromatic heterocycles. The predicted molar refractivity (Wildman–Crippen MR) is 59.6 cm³/mol. The number of hydrogen-bond donors (Lipinski definition) is 2. The van der Waals surface area contributed by atoms with Crippen LogP contribution < -0.4 is 6.15 Å². The number of phenols is 1. The van der Waals surface area contributed by atoms with Crippen LogP contribution in [0, 0.1) is 0 Å². The molecule has 5 nitrogen and oxygen atoms in total. The topological polar surface area (TPSA) is 114 Å². The van der Waals surface area contributed by atoms with Crippen LogP contribution in [0.3, 0.4) is 0 Å². The zero-order valence-electron chi connectivity index (χ0n) is 8.54. The van der Waals surface area contributed by atoms with Gasteiger partial charge in [0.1, 0.15) is 15.9 Å². The number of benzene rings is 2. The summed E-state index contributed by atoms with van der Waals surface area (Å²) in [7, 11) is -4.47. The van der Waals surface area contributed by atoms with E-state index >= 15 is 0 Å². The van der Waals surface area contributed by atoms with Crippen molar-refractivity contribution < 1.29 is 18.1 Å². The average molecular weight is 241 g/mol. The number of phenolic OH excluding ortho intramolecular Hbond substituents is 1. The molecule has 0 fully saturated rings. The molecule has 0 amide bonds. The predicted octanol–water partition coefficient (Wildman–Crippen LogP) is 1.83. The highest BCUT2D eigenvalue weighted by atomic mass is 32.2. The molecule has 5 N–H and O–H groups in total. The molecule has 0 atom stereocenters. The molecule has 0 radical (unpaired) electrons. The fourth-order valence-corrected chi connectivity index (χ4v) is 2.16. The van der Waals surface area contributed by atoms with Gasteiger partial charge in [-0.3, -0.25) is 0 Å². The first-order chi connectivity index (χ1) is 6.98. The lowest BCUT2D eigenvalue weighted by atomic mass is 10.1. The molecule has 0 saturated carbocycles. The van der Waals surface area contributed by atoms with E-state index in [9.17, 15) is 18.1 Å². The third-order valence-corrected chi connectivity index (χ3v) is 2.99. The van der Waals surface area contributed by atoms with Crippen LogP contribution in [-0.2, 0) is 10.1 Å². The Morgan fingerprint density at radius 1 is 1.12 bits per heavy atom. The van der Waals surface area contributed by atoms with E-state index in [1.807, 2.05) is 0 Å². The quantitative estimate of drug-likeness (QED) is 0.741. The SMILES string of the molecule is O=S(=O)([O-])c1cccc2cc(O)ccc12.[NH4+]. The Labute approximate surface area is 92.7 Å². The number of hydrogen-bond acceptors (Lipinski definition) is 4. The molecule has 2 rings (SSSR count). The van der Waals surface area contributed by atoms with Crippen LogP contribution in [0.4, 0.5) is 0 Å². The fourth-order valence-electron chi connectivity index (χ4n) is 1.46. The van der Waals surface area contributed by atoms with E-state index in [0.717, 1.165) is 0 Å². The average Bonchev–Trinajstić information content (AvgIpc) is 2.15. The Bertz CT molecular complexity index is 622. The lowest BCUT2D eigenvalue weighted by Gasteiger charge is -2.10. The number of rotatable bonds is 1. The Balaban J connectivity index is 0.00000128. The molecule has 6 heteroatoms. The molecule has 16 heavy (non-hydrogen) atoms. The van der Waals surface area contributed by atoms with Gasteiger partial charge < -0.3 is 15.8 Å². The van der Waals surface area contributed by atoms with E-state index in [-0.39, 0.29) is 16.8 Å². The summed E-state index contributed by atoms with van der Waals surface area (Å²) in [6.45, 7) is 0. The minimum absolute atomic E-state index is 0. The normalized spacial score (nSPS) is 11.1. The summed E-state index contributed by atoms with van der Waals surface area (Å²) in [5.74, 6) is 0.0305. The zero-order chi connectivity index (χ0) is 11.1. The molecule has 0 saturated heterocycles. The monoisotopic (exact) mass is 241 g/mol. The first kappa shape index (κ1) is 12.4. The van der Waals surface area contributed by atoms with Crippen molar-refractivity contribution in [2.75, 3.05) is 0 Å². The smallest absolute Gasteiger partial charge is 0.125 e. The minimum Gasteiger partial charge on any atom is -0.744 e. The maximum atomic E-state index is 10.9. The van der Waals surface area contributed by atoms with Crippen molar-refractivity contribution in [2.24, 2.45) is 0 Å². The second-order valence-electron chi connectivity index (χ2n) is 3.12. The van der Waals surface area contributed by atoms with Crippen LogP contribution in [-0.4, -0.2) is 18.1 Å². The van der Waals surface area contributed by atoms with Gasteiger partial charge >= 0.3 is 0 Å². The van der Waals surface area contributed by atoms with Gasteiger partial charge in [0.25, 0.3) is 0 Å². The zero-order valence-corrected chi connectivity index (χ0v) is 9.36. The second-order valence-corrected chi connectivity index (χ2v) is 4.46. The summed E-state index contributed by atoms with van der Waals surface area (Å²) in [6.07, 6.45) is 0. The molecule has 0 aliphatic heterocycles. The molecule has 0 aliphatic rings. The second kappa shape index (κ2) is 4.09. The Hall–Kier alpha value is -1.63. The lowest BCUT2D eigenvalue weighted by Crippen LogP contribution is -1.99. The van der Waals surface area contributed by atoms with Gasteiger partial charge in [-0.15, -0.1) is 0 Å². The van der Waals surface area contributed by atoms with Gasteiger partial charge in [-0.05, 0) is 35.0 Å². The van der Waals surface area contributed by atoms with Crippen molar-refractivity contribution in [1.29, 1.82) is 0 Å². The summed E-state index contributed by atoms with van der Waals surface area (Å²) in [5.41, 5.74) is 0. The summed E-state index contributed by atoms with van der Waals surface area (Å²) in [6, 6.07) is 8.51. The van der Waals surface area contributed by atoms with Crippen LogP contribution in [0.2, 0.25) is 0 Å².